The maximum Gasteiger partial charge on any atom is 0.260 e. The van der Waals surface area contributed by atoms with E-state index in [1.807, 2.05) is 23.1 Å². The molecule has 0 aliphatic carbocycles. The number of carbonyl (C=O) groups is 1. The molecule has 2 fully saturated rings. The molecule has 4 rings (SSSR count). The molecule has 138 valence electrons. The molecule has 1 aromatic carbocycles. The molecule has 2 saturated heterocycles. The van der Waals surface area contributed by atoms with Crippen molar-refractivity contribution in [1.82, 2.24) is 19.4 Å². The highest BCUT2D eigenvalue weighted by Gasteiger charge is 2.22. The number of carbonyl (C=O) groups excluding carboxylic acids is 1. The van der Waals surface area contributed by atoms with Gasteiger partial charge in [-0.15, -0.1) is 0 Å². The first kappa shape index (κ1) is 17.0. The van der Waals surface area contributed by atoms with Crippen molar-refractivity contribution in [2.24, 2.45) is 7.05 Å². The third-order valence-corrected chi connectivity index (χ3v) is 5.50. The lowest BCUT2D eigenvalue weighted by atomic mass is 10.2. The van der Waals surface area contributed by atoms with Gasteiger partial charge in [-0.2, -0.15) is 0 Å². The minimum absolute atomic E-state index is 0.0113. The molecule has 0 N–H and O–H groups in total. The van der Waals surface area contributed by atoms with Crippen LogP contribution in [0.4, 0.5) is 5.69 Å². The van der Waals surface area contributed by atoms with Gasteiger partial charge in [0.1, 0.15) is 0 Å². The first-order valence-corrected chi connectivity index (χ1v) is 9.32. The highest BCUT2D eigenvalue weighted by Crippen LogP contribution is 2.20. The van der Waals surface area contributed by atoms with E-state index in [2.05, 4.69) is 14.8 Å². The number of benzene rings is 1. The van der Waals surface area contributed by atoms with Gasteiger partial charge in [0.25, 0.3) is 5.56 Å². The van der Waals surface area contributed by atoms with E-state index >= 15 is 0 Å². The van der Waals surface area contributed by atoms with E-state index in [0.717, 1.165) is 63.4 Å². The van der Waals surface area contributed by atoms with E-state index in [1.165, 1.54) is 4.57 Å². The van der Waals surface area contributed by atoms with Crippen LogP contribution >= 0.6 is 0 Å². The van der Waals surface area contributed by atoms with Crippen molar-refractivity contribution < 1.29 is 4.79 Å². The Morgan fingerprint density at radius 3 is 2.58 bits per heavy atom. The van der Waals surface area contributed by atoms with Gasteiger partial charge < -0.3 is 14.4 Å². The quantitative estimate of drug-likeness (QED) is 0.807. The number of anilines is 1. The molecule has 3 heterocycles. The van der Waals surface area contributed by atoms with Crippen LogP contribution < -0.4 is 10.5 Å². The van der Waals surface area contributed by atoms with Crippen LogP contribution in [0.1, 0.15) is 12.8 Å². The van der Waals surface area contributed by atoms with Gasteiger partial charge in [0.05, 0.1) is 17.2 Å². The second-order valence-electron chi connectivity index (χ2n) is 7.18. The molecular formula is C19H25N5O2. The Balaban J connectivity index is 1.37. The summed E-state index contributed by atoms with van der Waals surface area (Å²) in [5.74, 6) is 0.304. The molecule has 0 atom stereocenters. The van der Waals surface area contributed by atoms with Crippen LogP contribution in [0.5, 0.6) is 0 Å². The van der Waals surface area contributed by atoms with Crippen molar-refractivity contribution in [2.75, 3.05) is 50.7 Å². The molecule has 1 aromatic heterocycles. The van der Waals surface area contributed by atoms with Crippen molar-refractivity contribution in [3.63, 3.8) is 0 Å². The van der Waals surface area contributed by atoms with Crippen molar-refractivity contribution in [1.29, 1.82) is 0 Å². The summed E-state index contributed by atoms with van der Waals surface area (Å²) >= 11 is 0. The molecule has 0 bridgehead atoms. The first-order valence-electron chi connectivity index (χ1n) is 9.32. The number of likely N-dealkylation sites (tertiary alicyclic amines) is 1. The molecule has 2 aromatic rings. The minimum Gasteiger partial charge on any atom is -0.369 e. The van der Waals surface area contributed by atoms with Crippen molar-refractivity contribution in [3.8, 4) is 0 Å². The van der Waals surface area contributed by atoms with E-state index in [-0.39, 0.29) is 5.56 Å². The maximum atomic E-state index is 12.1. The topological polar surface area (TPSA) is 61.7 Å². The molecule has 2 aliphatic rings. The summed E-state index contributed by atoms with van der Waals surface area (Å²) in [6.45, 7) is 6.60. The lowest BCUT2D eigenvalue weighted by Gasteiger charge is -2.36. The number of hydrogen-bond acceptors (Lipinski definition) is 5. The summed E-state index contributed by atoms with van der Waals surface area (Å²) < 4.78 is 1.51. The van der Waals surface area contributed by atoms with Crippen LogP contribution in [0.2, 0.25) is 0 Å². The average Bonchev–Trinajstić information content (AvgIpc) is 3.08. The molecule has 0 spiro atoms. The number of nitrogens with zero attached hydrogens (tertiary/aromatic N) is 5. The number of hydrogen-bond donors (Lipinski definition) is 0. The monoisotopic (exact) mass is 355 g/mol. The number of rotatable bonds is 4. The van der Waals surface area contributed by atoms with Crippen LogP contribution in [0, 0.1) is 0 Å². The van der Waals surface area contributed by atoms with Crippen LogP contribution in [0.25, 0.3) is 10.9 Å². The summed E-state index contributed by atoms with van der Waals surface area (Å²) in [5, 5.41) is 0.660. The van der Waals surface area contributed by atoms with E-state index in [4.69, 9.17) is 0 Å². The minimum atomic E-state index is -0.0113. The summed E-state index contributed by atoms with van der Waals surface area (Å²) in [6, 6.07) is 5.91. The summed E-state index contributed by atoms with van der Waals surface area (Å²) in [6.07, 6.45) is 3.30. The second-order valence-corrected chi connectivity index (χ2v) is 7.18. The second kappa shape index (κ2) is 7.07. The molecule has 1 amide bonds. The molecule has 0 saturated carbocycles. The van der Waals surface area contributed by atoms with Crippen molar-refractivity contribution in [2.45, 2.75) is 12.8 Å². The van der Waals surface area contributed by atoms with Gasteiger partial charge in [0, 0.05) is 65.0 Å². The molecule has 26 heavy (non-hydrogen) atoms. The summed E-state index contributed by atoms with van der Waals surface area (Å²) in [4.78, 5) is 35.0. The zero-order chi connectivity index (χ0) is 18.1. The van der Waals surface area contributed by atoms with Gasteiger partial charge in [0.2, 0.25) is 5.91 Å². The van der Waals surface area contributed by atoms with Crippen LogP contribution in [-0.4, -0.2) is 71.1 Å². The zero-order valence-electron chi connectivity index (χ0n) is 15.2. The smallest absolute Gasteiger partial charge is 0.260 e. The Morgan fingerprint density at radius 2 is 1.85 bits per heavy atom. The fraction of sp³-hybridized carbons (Fsp3) is 0.526. The summed E-state index contributed by atoms with van der Waals surface area (Å²) in [7, 11) is 1.72. The normalized spacial score (nSPS) is 18.9. The predicted octanol–water partition coefficient (Wildman–Crippen LogP) is 0.678. The third-order valence-electron chi connectivity index (χ3n) is 5.50. The predicted molar refractivity (Wildman–Crippen MR) is 101 cm³/mol. The zero-order valence-corrected chi connectivity index (χ0v) is 15.2. The highest BCUT2D eigenvalue weighted by atomic mass is 16.2. The fourth-order valence-corrected chi connectivity index (χ4v) is 3.83. The molecule has 0 unspecified atom stereocenters. The van der Waals surface area contributed by atoms with Gasteiger partial charge in [-0.3, -0.25) is 14.5 Å². The summed E-state index contributed by atoms with van der Waals surface area (Å²) in [5.41, 5.74) is 1.86. The number of fused-ring (bicyclic) bond motifs is 1. The highest BCUT2D eigenvalue weighted by molar-refractivity contribution is 5.81. The Bertz CT molecular complexity index is 870. The SMILES string of the molecule is Cn1cnc2cc(N3CCN(CCN4CCCC4=O)CC3)ccc2c1=O. The molecule has 0 radical (unpaired) electrons. The lowest BCUT2D eigenvalue weighted by molar-refractivity contribution is -0.127. The van der Waals surface area contributed by atoms with Gasteiger partial charge in [-0.25, -0.2) is 4.98 Å². The third kappa shape index (κ3) is 3.31. The molecule has 7 heteroatoms. The number of aromatic nitrogens is 2. The Hall–Kier alpha value is -2.41. The van der Waals surface area contributed by atoms with Gasteiger partial charge in [-0.1, -0.05) is 0 Å². The maximum absolute atomic E-state index is 12.1. The van der Waals surface area contributed by atoms with Gasteiger partial charge in [-0.05, 0) is 24.6 Å². The van der Waals surface area contributed by atoms with E-state index in [1.54, 1.807) is 13.4 Å². The van der Waals surface area contributed by atoms with E-state index in [9.17, 15) is 9.59 Å². The van der Waals surface area contributed by atoms with Gasteiger partial charge in [0.15, 0.2) is 0 Å². The largest absolute Gasteiger partial charge is 0.369 e. The Kier molecular flexibility index (Phi) is 4.63. The molecule has 2 aliphatic heterocycles. The van der Waals surface area contributed by atoms with Crippen LogP contribution in [-0.2, 0) is 11.8 Å². The fourth-order valence-electron chi connectivity index (χ4n) is 3.83. The van der Waals surface area contributed by atoms with Crippen molar-refractivity contribution >= 4 is 22.5 Å². The van der Waals surface area contributed by atoms with Crippen LogP contribution in [0.15, 0.2) is 29.3 Å². The number of amides is 1. The van der Waals surface area contributed by atoms with E-state index < -0.39 is 0 Å². The standard InChI is InChI=1S/C19H25N5O2/c1-21-14-20-17-13-15(4-5-16(17)19(21)26)23-10-7-22(8-11-23)9-12-24-6-2-3-18(24)25/h4-5,13-14H,2-3,6-12H2,1H3. The van der Waals surface area contributed by atoms with E-state index in [0.29, 0.717) is 17.7 Å². The lowest BCUT2D eigenvalue weighted by Crippen LogP contribution is -2.48. The molecular weight excluding hydrogens is 330 g/mol. The van der Waals surface area contributed by atoms with Crippen molar-refractivity contribution in [3.05, 3.63) is 34.9 Å². The van der Waals surface area contributed by atoms with Gasteiger partial charge >= 0.3 is 0 Å². The molecule has 7 nitrogen and oxygen atoms in total. The Morgan fingerprint density at radius 1 is 1.04 bits per heavy atom. The Labute approximate surface area is 152 Å². The number of piperazine rings is 1. The average molecular weight is 355 g/mol. The number of aryl methyl sites for hydroxylation is 1. The first-order chi connectivity index (χ1) is 12.6. The van der Waals surface area contributed by atoms with Crippen LogP contribution in [0.3, 0.4) is 0 Å².